The van der Waals surface area contributed by atoms with Crippen LogP contribution < -0.4 is 4.74 Å². The second-order valence-corrected chi connectivity index (χ2v) is 6.86. The predicted octanol–water partition coefficient (Wildman–Crippen LogP) is 3.78. The molecule has 0 radical (unpaired) electrons. The summed E-state index contributed by atoms with van der Waals surface area (Å²) in [7, 11) is 0. The first kappa shape index (κ1) is 17.8. The van der Waals surface area contributed by atoms with Crippen LogP contribution in [0, 0.1) is 0 Å². The summed E-state index contributed by atoms with van der Waals surface area (Å²) < 4.78 is 5.69. The van der Waals surface area contributed by atoms with Gasteiger partial charge in [0.2, 0.25) is 5.88 Å². The molecule has 2 aromatic rings. The molecule has 5 heteroatoms. The predicted molar refractivity (Wildman–Crippen MR) is 97.5 cm³/mol. The zero-order chi connectivity index (χ0) is 17.5. The first-order valence-corrected chi connectivity index (χ1v) is 9.15. The van der Waals surface area contributed by atoms with Crippen molar-refractivity contribution in [2.24, 2.45) is 0 Å². The molecule has 0 bridgehead atoms. The van der Waals surface area contributed by atoms with E-state index in [1.54, 1.807) is 18.6 Å². The first-order chi connectivity index (χ1) is 12.2. The van der Waals surface area contributed by atoms with Gasteiger partial charge in [0.05, 0.1) is 12.3 Å². The van der Waals surface area contributed by atoms with Gasteiger partial charge >= 0.3 is 0 Å². The van der Waals surface area contributed by atoms with Crippen molar-refractivity contribution < 1.29 is 9.84 Å². The zero-order valence-corrected chi connectivity index (χ0v) is 14.8. The molecule has 1 unspecified atom stereocenters. The topological polar surface area (TPSA) is 58.5 Å². The lowest BCUT2D eigenvalue weighted by Gasteiger charge is -2.35. The maximum absolute atomic E-state index is 9.87. The Morgan fingerprint density at radius 1 is 1.16 bits per heavy atom. The average molecular weight is 341 g/mol. The zero-order valence-electron chi connectivity index (χ0n) is 14.8. The van der Waals surface area contributed by atoms with Crippen molar-refractivity contribution in [2.75, 3.05) is 6.54 Å². The van der Waals surface area contributed by atoms with Crippen LogP contribution in [0.15, 0.2) is 42.9 Å². The van der Waals surface area contributed by atoms with Crippen LogP contribution in [0.1, 0.15) is 44.6 Å². The third-order valence-electron chi connectivity index (χ3n) is 4.66. The maximum Gasteiger partial charge on any atom is 0.237 e. The molecule has 0 saturated heterocycles. The van der Waals surface area contributed by atoms with Crippen LogP contribution in [0.2, 0.25) is 0 Å². The number of rotatable bonds is 7. The van der Waals surface area contributed by atoms with E-state index in [4.69, 9.17) is 4.74 Å². The molecule has 0 spiro atoms. The second-order valence-electron chi connectivity index (χ2n) is 6.86. The molecule has 1 heterocycles. The molecule has 1 aromatic heterocycles. The average Bonchev–Trinajstić information content (AvgIpc) is 2.64. The fourth-order valence-corrected chi connectivity index (χ4v) is 3.48. The smallest absolute Gasteiger partial charge is 0.237 e. The summed E-state index contributed by atoms with van der Waals surface area (Å²) in [4.78, 5) is 10.6. The van der Waals surface area contributed by atoms with Crippen molar-refractivity contribution in [2.45, 2.75) is 57.7 Å². The Morgan fingerprint density at radius 3 is 2.56 bits per heavy atom. The Hall–Kier alpha value is -1.98. The Labute approximate surface area is 149 Å². The van der Waals surface area contributed by atoms with Gasteiger partial charge in [-0.2, -0.15) is 0 Å². The third kappa shape index (κ3) is 5.51. The summed E-state index contributed by atoms with van der Waals surface area (Å²) in [5, 5.41) is 9.87. The minimum atomic E-state index is -0.304. The molecule has 134 valence electrons. The molecule has 3 rings (SSSR count). The minimum absolute atomic E-state index is 0.304. The fourth-order valence-electron chi connectivity index (χ4n) is 3.48. The minimum Gasteiger partial charge on any atom is -0.438 e. The molecule has 25 heavy (non-hydrogen) atoms. The van der Waals surface area contributed by atoms with E-state index in [1.807, 2.05) is 19.1 Å². The quantitative estimate of drug-likeness (QED) is 0.830. The van der Waals surface area contributed by atoms with Crippen molar-refractivity contribution in [1.29, 1.82) is 0 Å². The number of benzene rings is 1. The van der Waals surface area contributed by atoms with E-state index in [9.17, 15) is 5.11 Å². The molecule has 1 aliphatic carbocycles. The van der Waals surface area contributed by atoms with E-state index < -0.39 is 0 Å². The third-order valence-corrected chi connectivity index (χ3v) is 4.66. The number of aliphatic hydroxyl groups excluding tert-OH is 1. The van der Waals surface area contributed by atoms with Crippen LogP contribution in [-0.2, 0) is 6.54 Å². The summed E-state index contributed by atoms with van der Waals surface area (Å²) in [6.45, 7) is 3.46. The molecular weight excluding hydrogens is 314 g/mol. The first-order valence-electron chi connectivity index (χ1n) is 9.15. The highest BCUT2D eigenvalue weighted by Gasteiger charge is 2.22. The van der Waals surface area contributed by atoms with E-state index in [-0.39, 0.29) is 6.10 Å². The van der Waals surface area contributed by atoms with Crippen molar-refractivity contribution in [1.82, 2.24) is 14.9 Å². The summed E-state index contributed by atoms with van der Waals surface area (Å²) >= 11 is 0. The Morgan fingerprint density at radius 2 is 1.92 bits per heavy atom. The number of nitrogens with zero attached hydrogens (tertiary/aromatic N) is 3. The SMILES string of the molecule is CC(O)CN(Cc1ccc(Oc2cnccn2)cc1)C1CCCCC1. The van der Waals surface area contributed by atoms with Crippen molar-refractivity contribution >= 4 is 0 Å². The highest BCUT2D eigenvalue weighted by molar-refractivity contribution is 5.29. The van der Waals surface area contributed by atoms with Gasteiger partial charge < -0.3 is 9.84 Å². The van der Waals surface area contributed by atoms with Gasteiger partial charge in [-0.3, -0.25) is 9.88 Å². The van der Waals surface area contributed by atoms with Crippen LogP contribution in [0.25, 0.3) is 0 Å². The van der Waals surface area contributed by atoms with Gasteiger partial charge in [-0.1, -0.05) is 31.4 Å². The lowest BCUT2D eigenvalue weighted by molar-refractivity contribution is 0.0769. The lowest BCUT2D eigenvalue weighted by Crippen LogP contribution is -2.40. The van der Waals surface area contributed by atoms with E-state index in [0.717, 1.165) is 18.8 Å². The van der Waals surface area contributed by atoms with Gasteiger partial charge in [-0.15, -0.1) is 0 Å². The molecule has 1 N–H and O–H groups in total. The van der Waals surface area contributed by atoms with Crippen molar-refractivity contribution in [3.05, 3.63) is 48.4 Å². The molecule has 1 aliphatic rings. The monoisotopic (exact) mass is 341 g/mol. The van der Waals surface area contributed by atoms with E-state index >= 15 is 0 Å². The Kier molecular flexibility index (Phi) is 6.36. The summed E-state index contributed by atoms with van der Waals surface area (Å²) in [5.41, 5.74) is 1.23. The van der Waals surface area contributed by atoms with Crippen molar-refractivity contribution in [3.8, 4) is 11.6 Å². The van der Waals surface area contributed by atoms with Crippen molar-refractivity contribution in [3.63, 3.8) is 0 Å². The molecule has 1 aromatic carbocycles. The normalized spacial score (nSPS) is 16.8. The Balaban J connectivity index is 1.63. The molecule has 1 saturated carbocycles. The fraction of sp³-hybridized carbons (Fsp3) is 0.500. The lowest BCUT2D eigenvalue weighted by atomic mass is 9.93. The molecular formula is C20H27N3O2. The summed E-state index contributed by atoms with van der Waals surface area (Å²) in [5.74, 6) is 1.25. The van der Waals surface area contributed by atoms with Gasteiger partial charge in [-0.25, -0.2) is 4.98 Å². The molecule has 1 fully saturated rings. The second kappa shape index (κ2) is 8.92. The van der Waals surface area contributed by atoms with E-state index in [2.05, 4.69) is 27.0 Å². The number of hydrogen-bond acceptors (Lipinski definition) is 5. The highest BCUT2D eigenvalue weighted by atomic mass is 16.5. The van der Waals surface area contributed by atoms with Gasteiger partial charge in [0, 0.05) is 31.5 Å². The number of aliphatic hydroxyl groups is 1. The van der Waals surface area contributed by atoms with Crippen LogP contribution in [0.3, 0.4) is 0 Å². The molecule has 0 amide bonds. The van der Waals surface area contributed by atoms with Gasteiger partial charge in [0.15, 0.2) is 0 Å². The Bertz CT molecular complexity index is 625. The van der Waals surface area contributed by atoms with Crippen LogP contribution in [0.5, 0.6) is 11.6 Å². The number of ether oxygens (including phenoxy) is 1. The van der Waals surface area contributed by atoms with Gasteiger partial charge in [-0.05, 0) is 37.5 Å². The maximum atomic E-state index is 9.87. The summed E-state index contributed by atoms with van der Waals surface area (Å²) in [6, 6.07) is 8.68. The number of hydrogen-bond donors (Lipinski definition) is 1. The highest BCUT2D eigenvalue weighted by Crippen LogP contribution is 2.25. The van der Waals surface area contributed by atoms with Crippen LogP contribution in [-0.4, -0.2) is 38.7 Å². The largest absolute Gasteiger partial charge is 0.438 e. The molecule has 5 nitrogen and oxygen atoms in total. The van der Waals surface area contributed by atoms with E-state index in [1.165, 1.54) is 37.7 Å². The van der Waals surface area contributed by atoms with Gasteiger partial charge in [0.25, 0.3) is 0 Å². The van der Waals surface area contributed by atoms with E-state index in [0.29, 0.717) is 11.9 Å². The van der Waals surface area contributed by atoms with Crippen LogP contribution >= 0.6 is 0 Å². The molecule has 1 atom stereocenters. The number of aromatic nitrogens is 2. The standard InChI is InChI=1S/C20H27N3O2/c1-16(24)14-23(18-5-3-2-4-6-18)15-17-7-9-19(10-8-17)25-20-13-21-11-12-22-20/h7-13,16,18,24H,2-6,14-15H2,1H3. The summed E-state index contributed by atoms with van der Waals surface area (Å²) in [6.07, 6.45) is 10.9. The molecule has 0 aliphatic heterocycles. The van der Waals surface area contributed by atoms with Crippen LogP contribution in [0.4, 0.5) is 0 Å². The van der Waals surface area contributed by atoms with Gasteiger partial charge in [0.1, 0.15) is 5.75 Å².